The first-order valence-electron chi connectivity index (χ1n) is 10.8. The van der Waals surface area contributed by atoms with Crippen LogP contribution in [0, 0.1) is 0 Å². The van der Waals surface area contributed by atoms with Crippen molar-refractivity contribution >= 4 is 22.6 Å². The van der Waals surface area contributed by atoms with Crippen LogP contribution in [0.5, 0.6) is 5.75 Å². The van der Waals surface area contributed by atoms with Gasteiger partial charge in [0.1, 0.15) is 18.2 Å². The summed E-state index contributed by atoms with van der Waals surface area (Å²) >= 11 is 0. The minimum Gasteiger partial charge on any atom is -0.487 e. The van der Waals surface area contributed by atoms with Crippen LogP contribution in [-0.2, 0) is 6.61 Å². The number of carbonyl (C=O) groups is 1. The summed E-state index contributed by atoms with van der Waals surface area (Å²) in [5.74, 6) is 1.73. The molecule has 5 rings (SSSR count). The van der Waals surface area contributed by atoms with Crippen LogP contribution in [0.3, 0.4) is 0 Å². The van der Waals surface area contributed by atoms with Gasteiger partial charge in [-0.2, -0.15) is 0 Å². The molecule has 6 heteroatoms. The number of piperazine rings is 1. The van der Waals surface area contributed by atoms with Crippen LogP contribution in [-0.4, -0.2) is 47.0 Å². The minimum absolute atomic E-state index is 0.0495. The predicted molar refractivity (Wildman–Crippen MR) is 125 cm³/mol. The molecule has 6 nitrogen and oxygen atoms in total. The zero-order valence-electron chi connectivity index (χ0n) is 17.7. The molecule has 0 aliphatic carbocycles. The number of hydrogen-bond acceptors (Lipinski definition) is 5. The average Bonchev–Trinajstić information content (AvgIpc) is 2.88. The summed E-state index contributed by atoms with van der Waals surface area (Å²) < 4.78 is 5.88. The molecule has 1 aliphatic heterocycles. The topological polar surface area (TPSA) is 58.6 Å². The van der Waals surface area contributed by atoms with Crippen LogP contribution in [0.2, 0.25) is 0 Å². The first-order chi connectivity index (χ1) is 15.8. The molecule has 1 aliphatic rings. The van der Waals surface area contributed by atoms with Gasteiger partial charge >= 0.3 is 0 Å². The van der Waals surface area contributed by atoms with Crippen molar-refractivity contribution in [3.05, 3.63) is 96.3 Å². The zero-order chi connectivity index (χ0) is 21.8. The number of ether oxygens (including phenoxy) is 1. The van der Waals surface area contributed by atoms with Gasteiger partial charge in [-0.05, 0) is 48.5 Å². The molecule has 0 N–H and O–H groups in total. The Labute approximate surface area is 187 Å². The van der Waals surface area contributed by atoms with Crippen LogP contribution >= 0.6 is 0 Å². The Morgan fingerprint density at radius 1 is 0.844 bits per heavy atom. The Hall–Kier alpha value is -3.93. The summed E-state index contributed by atoms with van der Waals surface area (Å²) in [5, 5.41) is 1.11. The molecule has 1 saturated heterocycles. The second-order valence-electron chi connectivity index (χ2n) is 7.78. The molecule has 0 radical (unpaired) electrons. The van der Waals surface area contributed by atoms with Gasteiger partial charge in [0.05, 0.1) is 11.2 Å². The lowest BCUT2D eigenvalue weighted by atomic mass is 10.1. The SMILES string of the molecule is O=C(c1ccc(OCc2ccc3ccccc3n2)cc1)N1CCN(c2ccccn2)CC1. The van der Waals surface area contributed by atoms with Gasteiger partial charge in [-0.3, -0.25) is 4.79 Å². The Morgan fingerprint density at radius 2 is 1.62 bits per heavy atom. The second kappa shape index (κ2) is 9.06. The molecule has 32 heavy (non-hydrogen) atoms. The first-order valence-corrected chi connectivity index (χ1v) is 10.8. The van der Waals surface area contributed by atoms with Crippen molar-refractivity contribution in [2.75, 3.05) is 31.1 Å². The van der Waals surface area contributed by atoms with Gasteiger partial charge in [0.15, 0.2) is 0 Å². The Morgan fingerprint density at radius 3 is 2.41 bits per heavy atom. The van der Waals surface area contributed by atoms with Crippen molar-refractivity contribution in [1.29, 1.82) is 0 Å². The standard InChI is InChI=1S/C26H24N4O2/c31-26(30-17-15-29(16-18-30)25-7-3-4-14-27-25)21-9-12-23(13-10-21)32-19-22-11-8-20-5-1-2-6-24(20)28-22/h1-14H,15-19H2. The molecule has 160 valence electrons. The third kappa shape index (κ3) is 4.39. The van der Waals surface area contributed by atoms with Gasteiger partial charge in [-0.15, -0.1) is 0 Å². The summed E-state index contributed by atoms with van der Waals surface area (Å²) in [7, 11) is 0. The molecule has 0 spiro atoms. The van der Waals surface area contributed by atoms with Crippen LogP contribution in [0.1, 0.15) is 16.1 Å². The van der Waals surface area contributed by atoms with Crippen LogP contribution in [0.4, 0.5) is 5.82 Å². The van der Waals surface area contributed by atoms with Gasteiger partial charge < -0.3 is 14.5 Å². The lowest BCUT2D eigenvalue weighted by Crippen LogP contribution is -2.49. The highest BCUT2D eigenvalue weighted by Gasteiger charge is 2.22. The lowest BCUT2D eigenvalue weighted by Gasteiger charge is -2.35. The van der Waals surface area contributed by atoms with E-state index in [1.54, 1.807) is 6.20 Å². The van der Waals surface area contributed by atoms with Crippen LogP contribution in [0.15, 0.2) is 85.1 Å². The Kier molecular flexibility index (Phi) is 5.66. The molecule has 0 unspecified atom stereocenters. The molecule has 0 bridgehead atoms. The lowest BCUT2D eigenvalue weighted by molar-refractivity contribution is 0.0746. The number of hydrogen-bond donors (Lipinski definition) is 0. The Balaban J connectivity index is 1.17. The normalized spacial score (nSPS) is 13.9. The maximum atomic E-state index is 12.9. The summed E-state index contributed by atoms with van der Waals surface area (Å²) in [6.45, 7) is 3.31. The smallest absolute Gasteiger partial charge is 0.253 e. The van der Waals surface area contributed by atoms with Crippen molar-refractivity contribution in [1.82, 2.24) is 14.9 Å². The molecule has 3 heterocycles. The summed E-state index contributed by atoms with van der Waals surface area (Å²) in [6, 6.07) is 25.3. The maximum Gasteiger partial charge on any atom is 0.253 e. The molecule has 2 aromatic carbocycles. The van der Waals surface area contributed by atoms with Crippen molar-refractivity contribution < 1.29 is 9.53 Å². The summed E-state index contributed by atoms with van der Waals surface area (Å²) in [4.78, 5) is 26.0. The zero-order valence-corrected chi connectivity index (χ0v) is 17.7. The third-order valence-electron chi connectivity index (χ3n) is 5.68. The first kappa shape index (κ1) is 20.0. The highest BCUT2D eigenvalue weighted by molar-refractivity contribution is 5.94. The molecule has 4 aromatic rings. The van der Waals surface area contributed by atoms with E-state index in [-0.39, 0.29) is 5.91 Å². The maximum absolute atomic E-state index is 12.9. The van der Waals surface area contributed by atoms with Gasteiger partial charge in [0.2, 0.25) is 0 Å². The molecule has 1 fully saturated rings. The van der Waals surface area contributed by atoms with E-state index in [0.29, 0.717) is 25.3 Å². The van der Waals surface area contributed by atoms with Crippen molar-refractivity contribution in [3.8, 4) is 5.75 Å². The molecule has 0 atom stereocenters. The fourth-order valence-corrected chi connectivity index (χ4v) is 3.90. The van der Waals surface area contributed by atoms with Crippen molar-refractivity contribution in [3.63, 3.8) is 0 Å². The number of aromatic nitrogens is 2. The minimum atomic E-state index is 0.0495. The number of rotatable bonds is 5. The Bertz CT molecular complexity index is 1200. The van der Waals surface area contributed by atoms with E-state index < -0.39 is 0 Å². The number of para-hydroxylation sites is 1. The number of pyridine rings is 2. The summed E-state index contributed by atoms with van der Waals surface area (Å²) in [6.07, 6.45) is 1.80. The van der Waals surface area contributed by atoms with E-state index in [0.717, 1.165) is 41.3 Å². The monoisotopic (exact) mass is 424 g/mol. The molecular weight excluding hydrogens is 400 g/mol. The largest absolute Gasteiger partial charge is 0.487 e. The van der Waals surface area contributed by atoms with E-state index in [4.69, 9.17) is 4.74 Å². The van der Waals surface area contributed by atoms with Crippen molar-refractivity contribution in [2.24, 2.45) is 0 Å². The predicted octanol–water partition coefficient (Wildman–Crippen LogP) is 4.17. The number of benzene rings is 2. The second-order valence-corrected chi connectivity index (χ2v) is 7.78. The van der Waals surface area contributed by atoms with Crippen molar-refractivity contribution in [2.45, 2.75) is 6.61 Å². The van der Waals surface area contributed by atoms with E-state index in [9.17, 15) is 4.79 Å². The van der Waals surface area contributed by atoms with Crippen LogP contribution in [0.25, 0.3) is 10.9 Å². The number of nitrogens with zero attached hydrogens (tertiary/aromatic N) is 4. The van der Waals surface area contributed by atoms with Gasteiger partial charge in [-0.1, -0.05) is 30.3 Å². The number of carbonyl (C=O) groups excluding carboxylic acids is 1. The van der Waals surface area contributed by atoms with E-state index in [2.05, 4.69) is 20.9 Å². The summed E-state index contributed by atoms with van der Waals surface area (Å²) in [5.41, 5.74) is 2.50. The fourth-order valence-electron chi connectivity index (χ4n) is 3.90. The highest BCUT2D eigenvalue weighted by atomic mass is 16.5. The van der Waals surface area contributed by atoms with Gasteiger partial charge in [0, 0.05) is 43.3 Å². The number of anilines is 1. The van der Waals surface area contributed by atoms with Crippen LogP contribution < -0.4 is 9.64 Å². The van der Waals surface area contributed by atoms with E-state index in [1.807, 2.05) is 77.7 Å². The fraction of sp³-hybridized carbons (Fsp3) is 0.192. The number of fused-ring (bicyclic) bond motifs is 1. The highest BCUT2D eigenvalue weighted by Crippen LogP contribution is 2.18. The van der Waals surface area contributed by atoms with E-state index in [1.165, 1.54) is 0 Å². The molecule has 0 saturated carbocycles. The average molecular weight is 425 g/mol. The quantitative estimate of drug-likeness (QED) is 0.481. The molecular formula is C26H24N4O2. The third-order valence-corrected chi connectivity index (χ3v) is 5.68. The van der Waals surface area contributed by atoms with Gasteiger partial charge in [0.25, 0.3) is 5.91 Å². The van der Waals surface area contributed by atoms with E-state index >= 15 is 0 Å². The molecule has 2 aromatic heterocycles. The molecule has 1 amide bonds. The van der Waals surface area contributed by atoms with Gasteiger partial charge in [-0.25, -0.2) is 9.97 Å². The number of amides is 1.